The number of alkyl halides is 3. The maximum Gasteiger partial charge on any atom is 0.490 e. The number of hydrogen-bond donors (Lipinski definition) is 2. The Balaban J connectivity index is 0.00000696. The van der Waals surface area contributed by atoms with E-state index in [-0.39, 0.29) is 28.5 Å². The van der Waals surface area contributed by atoms with Crippen LogP contribution in [0.2, 0.25) is 0 Å². The van der Waals surface area contributed by atoms with Crippen LogP contribution in [0.15, 0.2) is 72.6 Å². The van der Waals surface area contributed by atoms with Gasteiger partial charge in [0.25, 0.3) is 6.33 Å². The Morgan fingerprint density at radius 2 is 1.75 bits per heavy atom. The number of nitrogens with two attached hydrogens (primary N) is 2. The van der Waals surface area contributed by atoms with E-state index in [1.54, 1.807) is 60.2 Å². The van der Waals surface area contributed by atoms with E-state index in [1.807, 2.05) is 6.07 Å². The predicted octanol–water partition coefficient (Wildman–Crippen LogP) is 2.89. The number of halogens is 6. The molecule has 2 aromatic heterocycles. The van der Waals surface area contributed by atoms with Gasteiger partial charge in [-0.05, 0) is 86.3 Å². The normalized spacial score (nSPS) is 13.5. The van der Waals surface area contributed by atoms with E-state index in [0.29, 0.717) is 59.2 Å². The molecule has 4 N–H and O–H groups in total. The van der Waals surface area contributed by atoms with Crippen molar-refractivity contribution in [1.82, 2.24) is 14.8 Å². The molecule has 0 unspecified atom stereocenters. The summed E-state index contributed by atoms with van der Waals surface area (Å²) in [7, 11) is 0. The third-order valence-electron chi connectivity index (χ3n) is 8.93. The van der Waals surface area contributed by atoms with Gasteiger partial charge in [-0.2, -0.15) is 18.4 Å². The van der Waals surface area contributed by atoms with Gasteiger partial charge in [0.15, 0.2) is 5.60 Å². The van der Waals surface area contributed by atoms with Crippen molar-refractivity contribution in [1.29, 1.82) is 5.26 Å². The van der Waals surface area contributed by atoms with E-state index in [1.165, 1.54) is 24.3 Å². The summed E-state index contributed by atoms with van der Waals surface area (Å²) in [5.74, 6) is -6.34. The molecule has 0 radical (unpaired) electrons. The van der Waals surface area contributed by atoms with Crippen molar-refractivity contribution in [2.24, 2.45) is 11.5 Å². The summed E-state index contributed by atoms with van der Waals surface area (Å²) in [6.07, 6.45) is -1.73. The number of benzene rings is 3. The highest BCUT2D eigenvalue weighted by molar-refractivity contribution is 7.10. The minimum absolute atomic E-state index is 0. The van der Waals surface area contributed by atoms with E-state index in [9.17, 15) is 27.2 Å². The molecule has 0 aliphatic rings. The first-order valence-electron chi connectivity index (χ1n) is 16.9. The summed E-state index contributed by atoms with van der Waals surface area (Å²) in [6.45, 7) is 4.88. The van der Waals surface area contributed by atoms with E-state index >= 15 is 4.39 Å². The topological polar surface area (TPSA) is 163 Å². The van der Waals surface area contributed by atoms with Gasteiger partial charge in [-0.1, -0.05) is 19.1 Å². The standard InChI is InChI=1S/C38H37F5N7O4S.BrH/c1-22-13-26(14-23(2)33(22)53-35(51)31(46)5-4-12-44)17-49-20-47-50(21-49)19-37(54-36(52)38(41,42)43,29-11-10-28(39)15-30(29)40)24(3)34-48-32(18-55-34)27-8-6-25(16-45)7-9-27;/h6-11,13-15,18,20-21,24,31H,4-5,12,17,19,44,46H2,1-3H3;1H/q+1;/p-1/t24-,31-,37+;/m0./s1. The lowest BCUT2D eigenvalue weighted by atomic mass is 9.81. The first-order chi connectivity index (χ1) is 26.0. The van der Waals surface area contributed by atoms with Crippen LogP contribution < -0.4 is 37.8 Å². The Hall–Kier alpha value is -5.09. The van der Waals surface area contributed by atoms with Gasteiger partial charge in [0.05, 0.1) is 29.8 Å². The molecule has 2 heterocycles. The van der Waals surface area contributed by atoms with E-state index in [0.717, 1.165) is 29.0 Å². The number of nitrogens with zero attached hydrogens (tertiary/aromatic N) is 5. The molecular formula is C38H37BrF5N7O4S. The lowest BCUT2D eigenvalue weighted by Gasteiger charge is -2.36. The molecule has 0 fully saturated rings. The maximum atomic E-state index is 15.8. The fraction of sp³-hybridized carbons (Fsp3) is 0.316. The van der Waals surface area contributed by atoms with E-state index in [4.69, 9.17) is 26.2 Å². The third kappa shape index (κ3) is 10.0. The summed E-state index contributed by atoms with van der Waals surface area (Å²) in [4.78, 5) is 29.8. The molecule has 56 heavy (non-hydrogen) atoms. The lowest BCUT2D eigenvalue weighted by molar-refractivity contribution is -0.689. The van der Waals surface area contributed by atoms with E-state index in [2.05, 4.69) is 10.1 Å². The number of aromatic nitrogens is 4. The maximum absolute atomic E-state index is 15.8. The molecule has 5 aromatic rings. The van der Waals surface area contributed by atoms with Gasteiger partial charge in [0, 0.05) is 27.7 Å². The molecule has 11 nitrogen and oxygen atoms in total. The summed E-state index contributed by atoms with van der Waals surface area (Å²) < 4.78 is 85.4. The number of carbonyl (C=O) groups excluding carboxylic acids is 2. The SMILES string of the molecule is Cc1cc(C[n+]2cnn(C[C@](OC(=O)C(F)(F)F)(c3ccc(F)cc3F)[C@@H](C)c3nc(-c4ccc(C#N)cc4)cs3)c2)cc(C)c1OC(=O)[C@@H](N)CCCN.[Br-]. The molecule has 3 atom stereocenters. The molecule has 0 bridgehead atoms. The van der Waals surface area contributed by atoms with Crippen LogP contribution in [0.3, 0.4) is 0 Å². The van der Waals surface area contributed by atoms with Crippen molar-refractivity contribution in [3.63, 3.8) is 0 Å². The summed E-state index contributed by atoms with van der Waals surface area (Å²) in [6, 6.07) is 13.5. The second-order valence-corrected chi connectivity index (χ2v) is 13.9. The van der Waals surface area contributed by atoms with Crippen molar-refractivity contribution in [2.45, 2.75) is 70.4 Å². The van der Waals surface area contributed by atoms with Gasteiger partial charge in [-0.15, -0.1) is 16.0 Å². The van der Waals surface area contributed by atoms with Crippen molar-refractivity contribution in [3.05, 3.63) is 117 Å². The molecule has 0 saturated heterocycles. The van der Waals surface area contributed by atoms with Crippen molar-refractivity contribution in [2.75, 3.05) is 6.54 Å². The minimum Gasteiger partial charge on any atom is -1.00 e. The average molecular weight is 863 g/mol. The van der Waals surface area contributed by atoms with Crippen LogP contribution in [-0.4, -0.2) is 45.5 Å². The zero-order valence-electron chi connectivity index (χ0n) is 30.3. The number of nitriles is 1. The highest BCUT2D eigenvalue weighted by Gasteiger charge is 2.53. The van der Waals surface area contributed by atoms with Gasteiger partial charge >= 0.3 is 18.1 Å². The van der Waals surface area contributed by atoms with Crippen LogP contribution in [0, 0.1) is 36.8 Å². The Kier molecular flexibility index (Phi) is 14.2. The lowest BCUT2D eigenvalue weighted by Crippen LogP contribution is -3.00. The van der Waals surface area contributed by atoms with Gasteiger partial charge < -0.3 is 37.9 Å². The molecule has 296 valence electrons. The molecule has 0 saturated carbocycles. The molecule has 5 rings (SSSR count). The largest absolute Gasteiger partial charge is 1.00 e. The first-order valence-corrected chi connectivity index (χ1v) is 17.8. The highest BCUT2D eigenvalue weighted by atomic mass is 79.9. The van der Waals surface area contributed by atoms with Crippen LogP contribution in [-0.2, 0) is 33.0 Å². The fourth-order valence-corrected chi connectivity index (χ4v) is 7.09. The minimum atomic E-state index is -5.48. The number of hydrogen-bond acceptors (Lipinski definition) is 10. The number of aryl methyl sites for hydroxylation is 2. The zero-order chi connectivity index (χ0) is 40.1. The van der Waals surface area contributed by atoms with Crippen LogP contribution in [0.1, 0.15) is 58.5 Å². The number of carbonyl (C=O) groups is 2. The molecule has 3 aromatic carbocycles. The van der Waals surface area contributed by atoms with Crippen molar-refractivity contribution >= 4 is 23.3 Å². The summed E-state index contributed by atoms with van der Waals surface area (Å²) >= 11 is 1.03. The number of esters is 2. The predicted molar refractivity (Wildman–Crippen MR) is 190 cm³/mol. The zero-order valence-corrected chi connectivity index (χ0v) is 32.7. The monoisotopic (exact) mass is 861 g/mol. The third-order valence-corrected chi connectivity index (χ3v) is 9.96. The van der Waals surface area contributed by atoms with Crippen molar-refractivity contribution < 1.29 is 62.6 Å². The van der Waals surface area contributed by atoms with Crippen LogP contribution in [0.5, 0.6) is 5.75 Å². The number of ether oxygens (including phenoxy) is 2. The van der Waals surface area contributed by atoms with Gasteiger partial charge in [0.2, 0.25) is 6.33 Å². The van der Waals surface area contributed by atoms with Crippen LogP contribution in [0.4, 0.5) is 22.0 Å². The van der Waals surface area contributed by atoms with Crippen LogP contribution >= 0.6 is 11.3 Å². The number of rotatable bonds is 14. The number of thiazole rings is 1. The average Bonchev–Trinajstić information content (AvgIpc) is 3.81. The molecular weight excluding hydrogens is 825 g/mol. The summed E-state index contributed by atoms with van der Waals surface area (Å²) in [5, 5.41) is 15.3. The molecule has 0 aliphatic carbocycles. The molecule has 0 spiro atoms. The molecule has 0 aliphatic heterocycles. The fourth-order valence-electron chi connectivity index (χ4n) is 6.12. The van der Waals surface area contributed by atoms with Gasteiger partial charge in [-0.25, -0.2) is 27.9 Å². The smallest absolute Gasteiger partial charge is 0.490 e. The Morgan fingerprint density at radius 3 is 2.36 bits per heavy atom. The Labute approximate surface area is 333 Å². The Morgan fingerprint density at radius 1 is 1.07 bits per heavy atom. The first kappa shape index (κ1) is 43.6. The molecule has 18 heteroatoms. The second kappa shape index (κ2) is 18.2. The second-order valence-electron chi connectivity index (χ2n) is 13.0. The molecule has 0 amide bonds. The van der Waals surface area contributed by atoms with Crippen molar-refractivity contribution in [3.8, 4) is 23.1 Å². The van der Waals surface area contributed by atoms with Gasteiger partial charge in [0.1, 0.15) is 35.0 Å². The highest BCUT2D eigenvalue weighted by Crippen LogP contribution is 2.45. The Bertz CT molecular complexity index is 2200. The van der Waals surface area contributed by atoms with Gasteiger partial charge in [-0.3, -0.25) is 0 Å². The van der Waals surface area contributed by atoms with Crippen LogP contribution in [0.25, 0.3) is 11.3 Å². The summed E-state index contributed by atoms with van der Waals surface area (Å²) in [5.41, 5.74) is 11.9. The quantitative estimate of drug-likeness (QED) is 0.0741. The van der Waals surface area contributed by atoms with E-state index < -0.39 is 59.4 Å².